The zero-order chi connectivity index (χ0) is 25.1. The molecule has 5 rings (SSSR count). The van der Waals surface area contributed by atoms with Crippen LogP contribution in [0.3, 0.4) is 0 Å². The lowest BCUT2D eigenvalue weighted by Crippen LogP contribution is -2.36. The fourth-order valence-electron chi connectivity index (χ4n) is 4.36. The van der Waals surface area contributed by atoms with E-state index in [2.05, 4.69) is 5.32 Å². The maximum Gasteiger partial charge on any atom is 0.261 e. The van der Waals surface area contributed by atoms with Crippen molar-refractivity contribution in [2.45, 2.75) is 25.9 Å². The summed E-state index contributed by atoms with van der Waals surface area (Å²) < 4.78 is 11.6. The van der Waals surface area contributed by atoms with Gasteiger partial charge in [0.25, 0.3) is 17.7 Å². The van der Waals surface area contributed by atoms with Crippen molar-refractivity contribution in [2.75, 3.05) is 18.5 Å². The first-order valence-corrected chi connectivity index (χ1v) is 11.9. The van der Waals surface area contributed by atoms with Gasteiger partial charge in [0.1, 0.15) is 11.5 Å². The van der Waals surface area contributed by atoms with E-state index in [4.69, 9.17) is 9.47 Å². The van der Waals surface area contributed by atoms with Crippen molar-refractivity contribution in [1.29, 1.82) is 0 Å². The van der Waals surface area contributed by atoms with Crippen LogP contribution in [-0.4, -0.2) is 41.9 Å². The molecule has 3 aromatic carbocycles. The lowest BCUT2D eigenvalue weighted by atomic mass is 10.1. The Morgan fingerprint density at radius 3 is 2.56 bits per heavy atom. The Morgan fingerprint density at radius 1 is 1.00 bits per heavy atom. The number of ether oxygens (including phenoxy) is 2. The van der Waals surface area contributed by atoms with E-state index in [1.165, 1.54) is 4.90 Å². The van der Waals surface area contributed by atoms with Crippen molar-refractivity contribution in [3.63, 3.8) is 0 Å². The third-order valence-corrected chi connectivity index (χ3v) is 6.22. The highest BCUT2D eigenvalue weighted by Crippen LogP contribution is 2.31. The maximum atomic E-state index is 12.9. The predicted octanol–water partition coefficient (Wildman–Crippen LogP) is 5.30. The molecular weight excluding hydrogens is 456 g/mol. The summed E-state index contributed by atoms with van der Waals surface area (Å²) in [5, 5.41) is 2.88. The molecule has 1 fully saturated rings. The van der Waals surface area contributed by atoms with E-state index in [1.807, 2.05) is 36.4 Å². The van der Waals surface area contributed by atoms with Crippen LogP contribution in [0.4, 0.5) is 5.69 Å². The second kappa shape index (κ2) is 10.2. The minimum absolute atomic E-state index is 0.105. The van der Waals surface area contributed by atoms with E-state index >= 15 is 0 Å². The number of benzene rings is 3. The molecule has 1 unspecified atom stereocenters. The fraction of sp³-hybridized carbons (Fsp3) is 0.207. The Balaban J connectivity index is 1.27. The molecule has 7 heteroatoms. The number of imide groups is 1. The molecule has 2 aliphatic rings. The Kier molecular flexibility index (Phi) is 6.64. The SMILES string of the molecule is C/C(=C\c1ccccc1)C(=O)Nc1cccc(Oc2ccc3c(c2)C(=O)N(CC2CCCO2)C3=O)c1. The van der Waals surface area contributed by atoms with Gasteiger partial charge in [-0.25, -0.2) is 0 Å². The first-order chi connectivity index (χ1) is 17.5. The summed E-state index contributed by atoms with van der Waals surface area (Å²) in [6.07, 6.45) is 3.50. The van der Waals surface area contributed by atoms with Crippen molar-refractivity contribution in [2.24, 2.45) is 0 Å². The highest BCUT2D eigenvalue weighted by atomic mass is 16.5. The number of anilines is 1. The highest BCUT2D eigenvalue weighted by Gasteiger charge is 2.37. The molecular formula is C29H26N2O5. The van der Waals surface area contributed by atoms with Crippen LogP contribution in [0.1, 0.15) is 46.0 Å². The quantitative estimate of drug-likeness (QED) is 0.365. The van der Waals surface area contributed by atoms with Crippen LogP contribution in [0.2, 0.25) is 0 Å². The summed E-state index contributed by atoms with van der Waals surface area (Å²) in [5.41, 5.74) is 2.78. The van der Waals surface area contributed by atoms with Crippen LogP contribution in [0.25, 0.3) is 6.08 Å². The molecule has 2 heterocycles. The molecule has 7 nitrogen and oxygen atoms in total. The van der Waals surface area contributed by atoms with Gasteiger partial charge in [0, 0.05) is 23.9 Å². The number of hydrogen-bond acceptors (Lipinski definition) is 5. The van der Waals surface area contributed by atoms with Gasteiger partial charge < -0.3 is 14.8 Å². The minimum atomic E-state index is -0.336. The van der Waals surface area contributed by atoms with Crippen LogP contribution in [0.5, 0.6) is 11.5 Å². The Morgan fingerprint density at radius 2 is 1.78 bits per heavy atom. The third-order valence-electron chi connectivity index (χ3n) is 6.22. The number of nitrogens with one attached hydrogen (secondary N) is 1. The standard InChI is InChI=1S/C29H26N2O5/c1-19(15-20-7-3-2-4-8-20)27(32)30-21-9-5-10-22(16-21)36-23-12-13-25-26(17-23)29(34)31(28(25)33)18-24-11-6-14-35-24/h2-5,7-10,12-13,15-17,24H,6,11,14,18H2,1H3,(H,30,32)/b19-15+. The summed E-state index contributed by atoms with van der Waals surface area (Å²) in [6.45, 7) is 2.68. The smallest absolute Gasteiger partial charge is 0.261 e. The van der Waals surface area contributed by atoms with Crippen LogP contribution in [-0.2, 0) is 9.53 Å². The molecule has 0 aliphatic carbocycles. The van der Waals surface area contributed by atoms with E-state index in [0.29, 0.717) is 40.5 Å². The van der Waals surface area contributed by atoms with Gasteiger partial charge in [0.05, 0.1) is 23.8 Å². The summed E-state index contributed by atoms with van der Waals surface area (Å²) >= 11 is 0. The van der Waals surface area contributed by atoms with E-state index in [0.717, 1.165) is 18.4 Å². The van der Waals surface area contributed by atoms with E-state index < -0.39 is 0 Å². The largest absolute Gasteiger partial charge is 0.457 e. The average molecular weight is 483 g/mol. The molecule has 0 radical (unpaired) electrons. The van der Waals surface area contributed by atoms with Crippen LogP contribution < -0.4 is 10.1 Å². The van der Waals surface area contributed by atoms with E-state index in [9.17, 15) is 14.4 Å². The zero-order valence-corrected chi connectivity index (χ0v) is 19.9. The number of carbonyl (C=O) groups excluding carboxylic acids is 3. The van der Waals surface area contributed by atoms with Gasteiger partial charge in [-0.2, -0.15) is 0 Å². The molecule has 3 amide bonds. The fourth-order valence-corrected chi connectivity index (χ4v) is 4.36. The third kappa shape index (κ3) is 5.06. The minimum Gasteiger partial charge on any atom is -0.457 e. The number of hydrogen-bond donors (Lipinski definition) is 1. The van der Waals surface area contributed by atoms with Crippen molar-refractivity contribution in [3.05, 3.63) is 95.1 Å². The molecule has 182 valence electrons. The number of amides is 3. The molecule has 0 saturated carbocycles. The molecule has 1 N–H and O–H groups in total. The highest BCUT2D eigenvalue weighted by molar-refractivity contribution is 6.21. The van der Waals surface area contributed by atoms with Gasteiger partial charge in [-0.05, 0) is 61.7 Å². The molecule has 36 heavy (non-hydrogen) atoms. The Labute approximate surface area is 209 Å². The zero-order valence-electron chi connectivity index (χ0n) is 19.9. The number of fused-ring (bicyclic) bond motifs is 1. The topological polar surface area (TPSA) is 84.9 Å². The molecule has 0 bridgehead atoms. The van der Waals surface area contributed by atoms with E-state index in [1.54, 1.807) is 49.4 Å². The summed E-state index contributed by atoms with van der Waals surface area (Å²) in [6, 6.07) is 21.5. The van der Waals surface area contributed by atoms with Crippen LogP contribution in [0.15, 0.2) is 78.4 Å². The number of rotatable bonds is 7. The monoisotopic (exact) mass is 482 g/mol. The molecule has 1 atom stereocenters. The summed E-state index contributed by atoms with van der Waals surface area (Å²) in [5.74, 6) is 0.0604. The van der Waals surface area contributed by atoms with Crippen LogP contribution in [0, 0.1) is 0 Å². The lowest BCUT2D eigenvalue weighted by molar-refractivity contribution is -0.112. The van der Waals surface area contributed by atoms with Gasteiger partial charge in [-0.1, -0.05) is 36.4 Å². The maximum absolute atomic E-state index is 12.9. The summed E-state index contributed by atoms with van der Waals surface area (Å²) in [4.78, 5) is 39.5. The van der Waals surface area contributed by atoms with Crippen molar-refractivity contribution < 1.29 is 23.9 Å². The molecule has 3 aromatic rings. The second-order valence-corrected chi connectivity index (χ2v) is 8.89. The normalized spacial score (nSPS) is 17.3. The number of carbonyl (C=O) groups is 3. The second-order valence-electron chi connectivity index (χ2n) is 8.89. The average Bonchev–Trinajstić information content (AvgIpc) is 3.48. The first-order valence-electron chi connectivity index (χ1n) is 11.9. The van der Waals surface area contributed by atoms with E-state index in [-0.39, 0.29) is 30.4 Å². The van der Waals surface area contributed by atoms with Gasteiger partial charge in [0.2, 0.25) is 0 Å². The van der Waals surface area contributed by atoms with Crippen molar-refractivity contribution >= 4 is 29.5 Å². The van der Waals surface area contributed by atoms with Gasteiger partial charge >= 0.3 is 0 Å². The number of nitrogens with zero attached hydrogens (tertiary/aromatic N) is 1. The van der Waals surface area contributed by atoms with Crippen molar-refractivity contribution in [3.8, 4) is 11.5 Å². The Hall–Kier alpha value is -4.23. The lowest BCUT2D eigenvalue weighted by Gasteiger charge is -2.17. The van der Waals surface area contributed by atoms with Crippen LogP contribution >= 0.6 is 0 Å². The van der Waals surface area contributed by atoms with Gasteiger partial charge in [-0.3, -0.25) is 19.3 Å². The van der Waals surface area contributed by atoms with Gasteiger partial charge in [0.15, 0.2) is 0 Å². The van der Waals surface area contributed by atoms with Crippen molar-refractivity contribution in [1.82, 2.24) is 4.90 Å². The van der Waals surface area contributed by atoms with Gasteiger partial charge in [-0.15, -0.1) is 0 Å². The molecule has 0 aromatic heterocycles. The Bertz CT molecular complexity index is 1340. The first kappa shape index (κ1) is 23.5. The molecule has 1 saturated heterocycles. The molecule has 0 spiro atoms. The molecule has 2 aliphatic heterocycles. The summed E-state index contributed by atoms with van der Waals surface area (Å²) in [7, 11) is 0. The predicted molar refractivity (Wildman–Crippen MR) is 136 cm³/mol.